The molecule has 1 atom stereocenters. The molecule has 1 amide bonds. The number of benzene rings is 2. The standard InChI is InChI=1S/C24H30N6O3/c1-32-19-8-9-20(21(16-19)33-2)22(29-13-11-18(12-14-29)23(25)31)24-26-27-28-30(24)15-10-17-6-4-3-5-7-17/h3-9,16,18,22H,10-15H2,1-2H3,(H2,25,31)/t22-/m1/s1. The lowest BCUT2D eigenvalue weighted by Crippen LogP contribution is -2.41. The molecule has 0 unspecified atom stereocenters. The predicted octanol–water partition coefficient (Wildman–Crippen LogP) is 2.22. The number of rotatable bonds is 9. The van der Waals surface area contributed by atoms with Crippen LogP contribution in [0.4, 0.5) is 0 Å². The van der Waals surface area contributed by atoms with Crippen molar-refractivity contribution < 1.29 is 14.3 Å². The van der Waals surface area contributed by atoms with Crippen LogP contribution in [0.3, 0.4) is 0 Å². The summed E-state index contributed by atoms with van der Waals surface area (Å²) >= 11 is 0. The number of methoxy groups -OCH3 is 2. The van der Waals surface area contributed by atoms with E-state index in [9.17, 15) is 4.79 Å². The Kier molecular flexibility index (Phi) is 7.19. The minimum atomic E-state index is -0.235. The second-order valence-corrected chi connectivity index (χ2v) is 8.22. The molecule has 1 saturated heterocycles. The summed E-state index contributed by atoms with van der Waals surface area (Å²) in [5.41, 5.74) is 7.74. The number of tetrazole rings is 1. The molecule has 9 nitrogen and oxygen atoms in total. The first-order valence-electron chi connectivity index (χ1n) is 11.2. The fourth-order valence-electron chi connectivity index (χ4n) is 4.43. The highest BCUT2D eigenvalue weighted by Gasteiger charge is 2.34. The van der Waals surface area contributed by atoms with Gasteiger partial charge in [-0.1, -0.05) is 30.3 Å². The zero-order valence-corrected chi connectivity index (χ0v) is 19.1. The highest BCUT2D eigenvalue weighted by Crippen LogP contribution is 2.37. The van der Waals surface area contributed by atoms with Crippen LogP contribution >= 0.6 is 0 Å². The van der Waals surface area contributed by atoms with Crippen LogP contribution < -0.4 is 15.2 Å². The van der Waals surface area contributed by atoms with Crippen molar-refractivity contribution in [3.8, 4) is 11.5 Å². The molecule has 2 heterocycles. The molecule has 1 fully saturated rings. The predicted molar refractivity (Wildman–Crippen MR) is 123 cm³/mol. The molecule has 33 heavy (non-hydrogen) atoms. The molecular formula is C24H30N6O3. The second kappa shape index (κ2) is 10.4. The lowest BCUT2D eigenvalue weighted by molar-refractivity contribution is -0.123. The Labute approximate surface area is 193 Å². The Bertz CT molecular complexity index is 1060. The van der Waals surface area contributed by atoms with E-state index in [2.05, 4.69) is 32.6 Å². The van der Waals surface area contributed by atoms with Crippen LogP contribution in [0.1, 0.15) is 35.8 Å². The molecule has 9 heteroatoms. The van der Waals surface area contributed by atoms with Gasteiger partial charge in [-0.2, -0.15) is 0 Å². The van der Waals surface area contributed by atoms with Crippen LogP contribution in [0.5, 0.6) is 11.5 Å². The van der Waals surface area contributed by atoms with Crippen LogP contribution in [-0.4, -0.2) is 58.3 Å². The van der Waals surface area contributed by atoms with Gasteiger partial charge in [-0.15, -0.1) is 5.10 Å². The lowest BCUT2D eigenvalue weighted by Gasteiger charge is -2.36. The number of hydrogen-bond donors (Lipinski definition) is 1. The number of piperidine rings is 1. The number of nitrogens with two attached hydrogens (primary N) is 1. The number of ether oxygens (including phenoxy) is 2. The van der Waals surface area contributed by atoms with E-state index in [1.54, 1.807) is 14.2 Å². The summed E-state index contributed by atoms with van der Waals surface area (Å²) in [6.45, 7) is 2.07. The van der Waals surface area contributed by atoms with E-state index >= 15 is 0 Å². The Morgan fingerprint density at radius 1 is 1.12 bits per heavy atom. The number of aryl methyl sites for hydroxylation is 2. The van der Waals surface area contributed by atoms with Crippen molar-refractivity contribution in [3.63, 3.8) is 0 Å². The summed E-state index contributed by atoms with van der Waals surface area (Å²) in [5, 5.41) is 12.7. The molecule has 0 bridgehead atoms. The van der Waals surface area contributed by atoms with E-state index in [0.29, 0.717) is 44.0 Å². The van der Waals surface area contributed by atoms with E-state index < -0.39 is 0 Å². The van der Waals surface area contributed by atoms with Gasteiger partial charge in [-0.25, -0.2) is 4.68 Å². The van der Waals surface area contributed by atoms with E-state index in [-0.39, 0.29) is 17.9 Å². The largest absolute Gasteiger partial charge is 0.497 e. The van der Waals surface area contributed by atoms with Gasteiger partial charge in [0, 0.05) is 24.1 Å². The molecule has 0 saturated carbocycles. The summed E-state index contributed by atoms with van der Waals surface area (Å²) in [5.74, 6) is 1.82. The van der Waals surface area contributed by atoms with Gasteiger partial charge in [0.1, 0.15) is 17.5 Å². The van der Waals surface area contributed by atoms with Gasteiger partial charge in [-0.05, 0) is 60.5 Å². The molecule has 3 aromatic rings. The number of likely N-dealkylation sites (tertiary alicyclic amines) is 1. The molecule has 0 radical (unpaired) electrons. The molecule has 1 aromatic heterocycles. The van der Waals surface area contributed by atoms with Crippen LogP contribution in [0.2, 0.25) is 0 Å². The van der Waals surface area contributed by atoms with E-state index in [0.717, 1.165) is 17.8 Å². The summed E-state index contributed by atoms with van der Waals surface area (Å²) in [4.78, 5) is 14.0. The molecule has 1 aliphatic rings. The fraction of sp³-hybridized carbons (Fsp3) is 0.417. The lowest BCUT2D eigenvalue weighted by atomic mass is 9.93. The zero-order valence-electron chi connectivity index (χ0n) is 19.1. The minimum absolute atomic E-state index is 0.103. The third-order valence-electron chi connectivity index (χ3n) is 6.29. The monoisotopic (exact) mass is 450 g/mol. The zero-order chi connectivity index (χ0) is 23.2. The van der Waals surface area contributed by atoms with Crippen molar-refractivity contribution in [2.75, 3.05) is 27.3 Å². The number of hydrogen-bond acceptors (Lipinski definition) is 7. The highest BCUT2D eigenvalue weighted by molar-refractivity contribution is 5.76. The minimum Gasteiger partial charge on any atom is -0.497 e. The summed E-state index contributed by atoms with van der Waals surface area (Å²) in [7, 11) is 3.28. The molecular weight excluding hydrogens is 420 g/mol. The topological polar surface area (TPSA) is 108 Å². The summed E-state index contributed by atoms with van der Waals surface area (Å²) < 4.78 is 13.0. The third-order valence-corrected chi connectivity index (χ3v) is 6.29. The first-order valence-corrected chi connectivity index (χ1v) is 11.2. The number of carbonyl (C=O) groups excluding carboxylic acids is 1. The van der Waals surface area contributed by atoms with E-state index in [1.807, 2.05) is 41.1 Å². The molecule has 0 spiro atoms. The number of aromatic nitrogens is 4. The average molecular weight is 451 g/mol. The maximum absolute atomic E-state index is 11.7. The molecule has 174 valence electrons. The maximum Gasteiger partial charge on any atom is 0.220 e. The van der Waals surface area contributed by atoms with Crippen LogP contribution in [0.15, 0.2) is 48.5 Å². The number of amides is 1. The van der Waals surface area contributed by atoms with Crippen molar-refractivity contribution in [2.45, 2.75) is 31.8 Å². The van der Waals surface area contributed by atoms with Gasteiger partial charge in [-0.3, -0.25) is 9.69 Å². The van der Waals surface area contributed by atoms with Gasteiger partial charge in [0.15, 0.2) is 5.82 Å². The highest BCUT2D eigenvalue weighted by atomic mass is 16.5. The van der Waals surface area contributed by atoms with E-state index in [1.165, 1.54) is 5.56 Å². The van der Waals surface area contributed by atoms with Crippen molar-refractivity contribution in [1.82, 2.24) is 25.1 Å². The molecule has 2 N–H and O–H groups in total. The SMILES string of the molecule is COc1ccc([C@H](c2nnnn2CCc2ccccc2)N2CCC(C(N)=O)CC2)c(OC)c1. The normalized spacial score (nSPS) is 15.8. The number of primary amides is 1. The summed E-state index contributed by atoms with van der Waals surface area (Å²) in [6, 6.07) is 15.8. The Hall–Kier alpha value is -3.46. The van der Waals surface area contributed by atoms with Gasteiger partial charge in [0.2, 0.25) is 5.91 Å². The van der Waals surface area contributed by atoms with Crippen molar-refractivity contribution >= 4 is 5.91 Å². The quantitative estimate of drug-likeness (QED) is 0.532. The first-order chi connectivity index (χ1) is 16.1. The molecule has 1 aliphatic heterocycles. The van der Waals surface area contributed by atoms with Crippen molar-refractivity contribution in [2.24, 2.45) is 11.7 Å². The van der Waals surface area contributed by atoms with Gasteiger partial charge < -0.3 is 15.2 Å². The molecule has 0 aliphatic carbocycles. The fourth-order valence-corrected chi connectivity index (χ4v) is 4.43. The Morgan fingerprint density at radius 2 is 1.88 bits per heavy atom. The van der Waals surface area contributed by atoms with Crippen LogP contribution in [0, 0.1) is 5.92 Å². The van der Waals surface area contributed by atoms with Gasteiger partial charge in [0.25, 0.3) is 0 Å². The first kappa shape index (κ1) is 22.7. The number of carbonyl (C=O) groups is 1. The summed E-state index contributed by atoms with van der Waals surface area (Å²) in [6.07, 6.45) is 2.22. The van der Waals surface area contributed by atoms with Gasteiger partial charge >= 0.3 is 0 Å². The average Bonchev–Trinajstić information content (AvgIpc) is 3.32. The van der Waals surface area contributed by atoms with Crippen LogP contribution in [-0.2, 0) is 17.8 Å². The van der Waals surface area contributed by atoms with Crippen molar-refractivity contribution in [1.29, 1.82) is 0 Å². The molecule has 4 rings (SSSR count). The Balaban J connectivity index is 1.67. The maximum atomic E-state index is 11.7. The molecule has 2 aromatic carbocycles. The Morgan fingerprint density at radius 3 is 2.55 bits per heavy atom. The second-order valence-electron chi connectivity index (χ2n) is 8.22. The van der Waals surface area contributed by atoms with Gasteiger partial charge in [0.05, 0.1) is 14.2 Å². The third kappa shape index (κ3) is 5.14. The van der Waals surface area contributed by atoms with E-state index in [4.69, 9.17) is 15.2 Å². The smallest absolute Gasteiger partial charge is 0.220 e. The van der Waals surface area contributed by atoms with Crippen molar-refractivity contribution in [3.05, 3.63) is 65.5 Å². The number of nitrogens with zero attached hydrogens (tertiary/aromatic N) is 5. The van der Waals surface area contributed by atoms with Crippen LogP contribution in [0.25, 0.3) is 0 Å².